The zero-order valence-corrected chi connectivity index (χ0v) is 11.9. The first-order valence-corrected chi connectivity index (χ1v) is 7.62. The van der Waals surface area contributed by atoms with Crippen LogP contribution in [0.2, 0.25) is 0 Å². The Labute approximate surface area is 123 Å². The van der Waals surface area contributed by atoms with Crippen LogP contribution >= 0.6 is 0 Å². The van der Waals surface area contributed by atoms with E-state index in [0.29, 0.717) is 18.4 Å². The largest absolute Gasteiger partial charge is 0.443 e. The van der Waals surface area contributed by atoms with E-state index in [1.807, 2.05) is 18.2 Å². The van der Waals surface area contributed by atoms with E-state index in [1.54, 1.807) is 0 Å². The molecule has 2 aromatic rings. The highest BCUT2D eigenvalue weighted by Gasteiger charge is 2.34. The highest BCUT2D eigenvalue weighted by atomic mass is 16.3. The summed E-state index contributed by atoms with van der Waals surface area (Å²) in [7, 11) is 0. The van der Waals surface area contributed by atoms with E-state index in [4.69, 9.17) is 4.42 Å². The minimum Gasteiger partial charge on any atom is -0.443 e. The van der Waals surface area contributed by atoms with Gasteiger partial charge in [-0.1, -0.05) is 6.07 Å². The predicted molar refractivity (Wildman–Crippen MR) is 78.8 cm³/mol. The van der Waals surface area contributed by atoms with Crippen LogP contribution in [-0.2, 0) is 11.2 Å². The van der Waals surface area contributed by atoms with Crippen LogP contribution in [0.1, 0.15) is 18.4 Å². The minimum atomic E-state index is 0.108. The maximum absolute atomic E-state index is 12.3. The van der Waals surface area contributed by atoms with Gasteiger partial charge in [-0.25, -0.2) is 4.98 Å². The number of hydrogen-bond acceptors (Lipinski definition) is 4. The zero-order valence-electron chi connectivity index (χ0n) is 11.9. The van der Waals surface area contributed by atoms with Gasteiger partial charge in [-0.3, -0.25) is 4.79 Å². The summed E-state index contributed by atoms with van der Waals surface area (Å²) in [4.78, 5) is 18.8. The van der Waals surface area contributed by atoms with E-state index < -0.39 is 0 Å². The van der Waals surface area contributed by atoms with Gasteiger partial charge in [0.15, 0.2) is 12.0 Å². The summed E-state index contributed by atoms with van der Waals surface area (Å²) in [5.74, 6) is 0.772. The number of oxazole rings is 1. The first-order valence-electron chi connectivity index (χ1n) is 7.62. The van der Waals surface area contributed by atoms with Gasteiger partial charge in [0.25, 0.3) is 0 Å². The SMILES string of the molecule is O=C(Cc1ccc2ocnc2c1)N[C@@H]1CN2CCC1CC2. The van der Waals surface area contributed by atoms with Crippen molar-refractivity contribution in [2.45, 2.75) is 25.3 Å². The second-order valence-corrected chi connectivity index (χ2v) is 6.14. The molecule has 1 amide bonds. The molecule has 5 nitrogen and oxygen atoms in total. The molecule has 1 aromatic carbocycles. The molecule has 110 valence electrons. The molecule has 21 heavy (non-hydrogen) atoms. The van der Waals surface area contributed by atoms with Crippen LogP contribution in [0.3, 0.4) is 0 Å². The number of carbonyl (C=O) groups is 1. The number of aromatic nitrogens is 1. The molecule has 3 aliphatic rings. The number of amides is 1. The molecule has 1 atom stereocenters. The maximum Gasteiger partial charge on any atom is 0.224 e. The Morgan fingerprint density at radius 3 is 3.00 bits per heavy atom. The Balaban J connectivity index is 1.41. The molecule has 0 spiro atoms. The second-order valence-electron chi connectivity index (χ2n) is 6.14. The summed E-state index contributed by atoms with van der Waals surface area (Å²) >= 11 is 0. The van der Waals surface area contributed by atoms with Gasteiger partial charge in [-0.15, -0.1) is 0 Å². The summed E-state index contributed by atoms with van der Waals surface area (Å²) in [5.41, 5.74) is 2.55. The van der Waals surface area contributed by atoms with Gasteiger partial charge >= 0.3 is 0 Å². The van der Waals surface area contributed by atoms with Crippen LogP contribution in [0.25, 0.3) is 11.1 Å². The third-order valence-corrected chi connectivity index (χ3v) is 4.76. The molecular formula is C16H19N3O2. The number of rotatable bonds is 3. The van der Waals surface area contributed by atoms with Gasteiger partial charge < -0.3 is 14.6 Å². The number of carbonyl (C=O) groups excluding carboxylic acids is 1. The number of hydrogen-bond donors (Lipinski definition) is 1. The molecule has 5 heteroatoms. The molecule has 2 bridgehead atoms. The van der Waals surface area contributed by atoms with E-state index >= 15 is 0 Å². The Kier molecular flexibility index (Phi) is 3.15. The number of nitrogens with one attached hydrogen (secondary N) is 1. The molecule has 4 heterocycles. The monoisotopic (exact) mass is 285 g/mol. The van der Waals surface area contributed by atoms with E-state index in [1.165, 1.54) is 32.3 Å². The van der Waals surface area contributed by atoms with Crippen molar-refractivity contribution < 1.29 is 9.21 Å². The molecular weight excluding hydrogens is 266 g/mol. The fourth-order valence-corrected chi connectivity index (χ4v) is 3.59. The van der Waals surface area contributed by atoms with Crippen LogP contribution in [0.4, 0.5) is 0 Å². The van der Waals surface area contributed by atoms with E-state index in [9.17, 15) is 4.79 Å². The fourth-order valence-electron chi connectivity index (χ4n) is 3.59. The lowest BCUT2D eigenvalue weighted by Crippen LogP contribution is -2.57. The number of piperidine rings is 3. The van der Waals surface area contributed by atoms with Crippen LogP contribution in [0.5, 0.6) is 0 Å². The quantitative estimate of drug-likeness (QED) is 0.930. The predicted octanol–water partition coefficient (Wildman–Crippen LogP) is 1.58. The minimum absolute atomic E-state index is 0.108. The lowest BCUT2D eigenvalue weighted by Gasteiger charge is -2.44. The van der Waals surface area contributed by atoms with Crippen LogP contribution < -0.4 is 5.32 Å². The first kappa shape index (κ1) is 12.8. The van der Waals surface area contributed by atoms with E-state index in [2.05, 4.69) is 15.2 Å². The molecule has 1 N–H and O–H groups in total. The Bertz CT molecular complexity index is 658. The van der Waals surface area contributed by atoms with Gasteiger partial charge in [0.1, 0.15) is 5.52 Å². The Morgan fingerprint density at radius 1 is 1.38 bits per heavy atom. The number of benzene rings is 1. The molecule has 0 saturated carbocycles. The van der Waals surface area contributed by atoms with Gasteiger partial charge in [0.2, 0.25) is 5.91 Å². The number of fused-ring (bicyclic) bond motifs is 4. The van der Waals surface area contributed by atoms with Crippen LogP contribution in [0.15, 0.2) is 29.0 Å². The van der Waals surface area contributed by atoms with Crippen molar-refractivity contribution in [3.8, 4) is 0 Å². The summed E-state index contributed by atoms with van der Waals surface area (Å²) in [6.45, 7) is 3.40. The smallest absolute Gasteiger partial charge is 0.224 e. The van der Waals surface area contributed by atoms with Gasteiger partial charge in [0.05, 0.1) is 6.42 Å². The third-order valence-electron chi connectivity index (χ3n) is 4.76. The van der Waals surface area contributed by atoms with Crippen LogP contribution in [0, 0.1) is 5.92 Å². The third kappa shape index (κ3) is 2.53. The normalized spacial score (nSPS) is 27.9. The van der Waals surface area contributed by atoms with Crippen molar-refractivity contribution in [1.82, 2.24) is 15.2 Å². The van der Waals surface area contributed by atoms with Crippen LogP contribution in [-0.4, -0.2) is 41.5 Å². The fraction of sp³-hybridized carbons (Fsp3) is 0.500. The summed E-state index contributed by atoms with van der Waals surface area (Å²) in [6.07, 6.45) is 4.28. The van der Waals surface area contributed by atoms with Gasteiger partial charge in [0, 0.05) is 12.6 Å². The topological polar surface area (TPSA) is 58.4 Å². The Hall–Kier alpha value is -1.88. The van der Waals surface area contributed by atoms with Crippen molar-refractivity contribution in [3.63, 3.8) is 0 Å². The van der Waals surface area contributed by atoms with Crippen molar-refractivity contribution in [2.24, 2.45) is 5.92 Å². The molecule has 0 unspecified atom stereocenters. The average Bonchev–Trinajstić information content (AvgIpc) is 2.96. The number of nitrogens with zero attached hydrogens (tertiary/aromatic N) is 2. The molecule has 3 saturated heterocycles. The second kappa shape index (κ2) is 5.15. The van der Waals surface area contributed by atoms with Crippen molar-refractivity contribution in [3.05, 3.63) is 30.2 Å². The maximum atomic E-state index is 12.3. The van der Waals surface area contributed by atoms with Crippen molar-refractivity contribution in [2.75, 3.05) is 19.6 Å². The summed E-state index contributed by atoms with van der Waals surface area (Å²) in [5, 5.41) is 3.22. The van der Waals surface area contributed by atoms with Gasteiger partial charge in [-0.2, -0.15) is 0 Å². The lowest BCUT2D eigenvalue weighted by molar-refractivity contribution is -0.122. The zero-order chi connectivity index (χ0) is 14.2. The molecule has 3 fully saturated rings. The van der Waals surface area contributed by atoms with Crippen molar-refractivity contribution in [1.29, 1.82) is 0 Å². The highest BCUT2D eigenvalue weighted by Crippen LogP contribution is 2.27. The van der Waals surface area contributed by atoms with E-state index in [-0.39, 0.29) is 5.91 Å². The average molecular weight is 285 g/mol. The standard InChI is InChI=1S/C16H19N3O2/c20-16(18-14-9-19-5-3-12(14)4-6-19)8-11-1-2-15-13(7-11)17-10-21-15/h1-2,7,10,12,14H,3-6,8-9H2,(H,18,20)/t14-/m1/s1. The Morgan fingerprint density at radius 2 is 2.24 bits per heavy atom. The highest BCUT2D eigenvalue weighted by molar-refractivity contribution is 5.81. The molecule has 5 rings (SSSR count). The van der Waals surface area contributed by atoms with E-state index in [0.717, 1.165) is 23.2 Å². The first-order chi connectivity index (χ1) is 10.3. The molecule has 0 aliphatic carbocycles. The molecule has 3 aliphatic heterocycles. The summed E-state index contributed by atoms with van der Waals surface area (Å²) in [6, 6.07) is 6.06. The van der Waals surface area contributed by atoms with Gasteiger partial charge in [-0.05, 0) is 49.5 Å². The lowest BCUT2D eigenvalue weighted by atomic mass is 9.84. The summed E-state index contributed by atoms with van der Waals surface area (Å²) < 4.78 is 5.22. The molecule has 0 radical (unpaired) electrons. The van der Waals surface area contributed by atoms with Crippen molar-refractivity contribution >= 4 is 17.0 Å². The molecule has 1 aromatic heterocycles.